The summed E-state index contributed by atoms with van der Waals surface area (Å²) in [6.45, 7) is 3.01. The Balaban J connectivity index is 1.28. The second-order valence-corrected chi connectivity index (χ2v) is 8.45. The molecule has 1 fully saturated rings. The first-order valence-electron chi connectivity index (χ1n) is 11.3. The van der Waals surface area contributed by atoms with Crippen LogP contribution in [0.5, 0.6) is 0 Å². The van der Waals surface area contributed by atoms with Gasteiger partial charge in [0.05, 0.1) is 0 Å². The maximum Gasteiger partial charge on any atom is 0.257 e. The van der Waals surface area contributed by atoms with Crippen molar-refractivity contribution >= 4 is 39.8 Å². The van der Waals surface area contributed by atoms with Crippen molar-refractivity contribution in [3.8, 4) is 0 Å². The van der Waals surface area contributed by atoms with Gasteiger partial charge < -0.3 is 20.5 Å². The van der Waals surface area contributed by atoms with Crippen LogP contribution in [-0.4, -0.2) is 46.3 Å². The molecule has 2 aromatic heterocycles. The van der Waals surface area contributed by atoms with Crippen molar-refractivity contribution in [3.05, 3.63) is 59.9 Å². The summed E-state index contributed by atoms with van der Waals surface area (Å²) in [6, 6.07) is 9.64. The zero-order valence-electron chi connectivity index (χ0n) is 18.0. The Morgan fingerprint density at radius 2 is 2.06 bits per heavy atom. The number of likely N-dealkylation sites (tertiary alicyclic amines) is 1. The number of hydrogen-bond acceptors (Lipinski definition) is 4. The van der Waals surface area contributed by atoms with Crippen molar-refractivity contribution in [2.24, 2.45) is 0 Å². The molecule has 7 nitrogen and oxygen atoms in total. The molecule has 3 N–H and O–H groups in total. The summed E-state index contributed by atoms with van der Waals surface area (Å²) in [7, 11) is 0. The van der Waals surface area contributed by atoms with Gasteiger partial charge in [-0.05, 0) is 68.2 Å². The summed E-state index contributed by atoms with van der Waals surface area (Å²) < 4.78 is 0. The second-order valence-electron chi connectivity index (χ2n) is 8.45. The van der Waals surface area contributed by atoms with E-state index in [0.29, 0.717) is 24.2 Å². The van der Waals surface area contributed by atoms with Crippen molar-refractivity contribution in [2.75, 3.05) is 30.3 Å². The van der Waals surface area contributed by atoms with E-state index in [9.17, 15) is 9.59 Å². The van der Waals surface area contributed by atoms with Crippen LogP contribution in [0, 0.1) is 0 Å². The Bertz CT molecular complexity index is 1190. The fourth-order valence-corrected chi connectivity index (χ4v) is 4.53. The fraction of sp³-hybridized carbons (Fsp3) is 0.320. The number of anilines is 2. The fourth-order valence-electron chi connectivity index (χ4n) is 4.53. The quantitative estimate of drug-likeness (QED) is 0.518. The molecule has 5 rings (SSSR count). The summed E-state index contributed by atoms with van der Waals surface area (Å²) in [6.07, 6.45) is 10.4. The molecule has 0 aliphatic carbocycles. The largest absolute Gasteiger partial charge is 0.361 e. The highest BCUT2D eigenvalue weighted by Crippen LogP contribution is 2.30. The number of fused-ring (bicyclic) bond motifs is 2. The third-order valence-corrected chi connectivity index (χ3v) is 6.26. The van der Waals surface area contributed by atoms with Crippen molar-refractivity contribution in [2.45, 2.75) is 32.1 Å². The number of hydrogen-bond donors (Lipinski definition) is 3. The van der Waals surface area contributed by atoms with Crippen molar-refractivity contribution in [3.63, 3.8) is 0 Å². The Morgan fingerprint density at radius 1 is 1.19 bits per heavy atom. The molecule has 164 valence electrons. The van der Waals surface area contributed by atoms with E-state index in [-0.39, 0.29) is 11.8 Å². The van der Waals surface area contributed by atoms with E-state index >= 15 is 0 Å². The molecule has 1 aromatic carbocycles. The maximum absolute atomic E-state index is 12.5. The lowest BCUT2D eigenvalue weighted by Crippen LogP contribution is -2.32. The van der Waals surface area contributed by atoms with Gasteiger partial charge in [0.2, 0.25) is 5.91 Å². The molecule has 0 radical (unpaired) electrons. The molecular weight excluding hydrogens is 402 g/mol. The highest BCUT2D eigenvalue weighted by molar-refractivity contribution is 6.31. The topological polar surface area (TPSA) is 90.1 Å². The zero-order chi connectivity index (χ0) is 21.9. The molecule has 0 unspecified atom stereocenters. The average Bonchev–Trinajstić information content (AvgIpc) is 3.36. The first-order chi connectivity index (χ1) is 15.7. The standard InChI is InChI=1S/C25H27N5O2/c31-23(10-14-30-12-2-1-3-13-30)28-18-7-9-22-21(15-18)17(16-27-22)6-8-20-19-5-4-11-26-24(19)29-25(20)32/h4-5,7-9,11,15-16,27H,1-3,6,10,12-14H2,(H,28,31)(H,26,29,32). The number of aromatic nitrogens is 2. The second kappa shape index (κ2) is 8.96. The summed E-state index contributed by atoms with van der Waals surface area (Å²) >= 11 is 0. The van der Waals surface area contributed by atoms with Crippen LogP contribution in [0.2, 0.25) is 0 Å². The van der Waals surface area contributed by atoms with Gasteiger partial charge >= 0.3 is 0 Å². The van der Waals surface area contributed by atoms with Gasteiger partial charge in [0.25, 0.3) is 5.91 Å². The number of amides is 2. The minimum absolute atomic E-state index is 0.0425. The van der Waals surface area contributed by atoms with E-state index in [4.69, 9.17) is 0 Å². The lowest BCUT2D eigenvalue weighted by atomic mass is 10.0. The molecule has 3 aromatic rings. The molecular formula is C25H27N5O2. The molecule has 0 saturated carbocycles. The predicted molar refractivity (Wildman–Crippen MR) is 126 cm³/mol. The molecule has 4 heterocycles. The molecule has 2 aliphatic heterocycles. The van der Waals surface area contributed by atoms with Crippen molar-refractivity contribution in [1.29, 1.82) is 0 Å². The van der Waals surface area contributed by atoms with Gasteiger partial charge in [0, 0.05) is 53.1 Å². The van der Waals surface area contributed by atoms with E-state index in [2.05, 4.69) is 25.5 Å². The van der Waals surface area contributed by atoms with Crippen LogP contribution in [0.3, 0.4) is 0 Å². The number of rotatable bonds is 6. The highest BCUT2D eigenvalue weighted by atomic mass is 16.2. The number of carbonyl (C=O) groups is 2. The first kappa shape index (κ1) is 20.5. The molecule has 1 saturated heterocycles. The van der Waals surface area contributed by atoms with Gasteiger partial charge in [-0.3, -0.25) is 9.59 Å². The Kier molecular flexibility index (Phi) is 5.73. The summed E-state index contributed by atoms with van der Waals surface area (Å²) in [5.41, 5.74) is 4.34. The van der Waals surface area contributed by atoms with Gasteiger partial charge in [-0.2, -0.15) is 0 Å². The number of piperidine rings is 1. The summed E-state index contributed by atoms with van der Waals surface area (Å²) in [5, 5.41) is 6.89. The van der Waals surface area contributed by atoms with E-state index in [1.54, 1.807) is 6.20 Å². The Labute approximate surface area is 186 Å². The zero-order valence-corrected chi connectivity index (χ0v) is 18.0. The Morgan fingerprint density at radius 3 is 2.94 bits per heavy atom. The predicted octanol–water partition coefficient (Wildman–Crippen LogP) is 3.96. The van der Waals surface area contributed by atoms with Crippen LogP contribution < -0.4 is 10.6 Å². The minimum Gasteiger partial charge on any atom is -0.361 e. The smallest absolute Gasteiger partial charge is 0.257 e. The summed E-state index contributed by atoms with van der Waals surface area (Å²) in [4.78, 5) is 34.7. The molecule has 0 bridgehead atoms. The number of H-pyrrole nitrogens is 1. The van der Waals surface area contributed by atoms with Crippen molar-refractivity contribution < 1.29 is 9.59 Å². The van der Waals surface area contributed by atoms with Crippen LogP contribution >= 0.6 is 0 Å². The minimum atomic E-state index is -0.125. The van der Waals surface area contributed by atoms with Gasteiger partial charge in [0.15, 0.2) is 0 Å². The molecule has 2 aliphatic rings. The number of nitrogens with zero attached hydrogens (tertiary/aromatic N) is 2. The van der Waals surface area contributed by atoms with Crippen LogP contribution in [0.25, 0.3) is 16.5 Å². The lowest BCUT2D eigenvalue weighted by Gasteiger charge is -2.25. The van der Waals surface area contributed by atoms with Crippen LogP contribution in [0.15, 0.2) is 48.8 Å². The van der Waals surface area contributed by atoms with Gasteiger partial charge in [-0.1, -0.05) is 12.5 Å². The number of carbonyl (C=O) groups excluding carboxylic acids is 2. The van der Waals surface area contributed by atoms with E-state index in [0.717, 1.165) is 47.4 Å². The molecule has 32 heavy (non-hydrogen) atoms. The van der Waals surface area contributed by atoms with Crippen molar-refractivity contribution in [1.82, 2.24) is 14.9 Å². The number of pyridine rings is 1. The normalized spacial score (nSPS) is 17.5. The average molecular weight is 430 g/mol. The third-order valence-electron chi connectivity index (χ3n) is 6.26. The number of allylic oxidation sites excluding steroid dienone is 1. The number of nitrogens with one attached hydrogen (secondary N) is 3. The highest BCUT2D eigenvalue weighted by Gasteiger charge is 2.24. The SMILES string of the molecule is O=C(CCN1CCCCC1)Nc1ccc2[nH]cc(CC=C3C(=O)Nc4ncccc43)c2c1. The van der Waals surface area contributed by atoms with Crippen LogP contribution in [0.4, 0.5) is 11.5 Å². The van der Waals surface area contributed by atoms with E-state index < -0.39 is 0 Å². The van der Waals surface area contributed by atoms with Crippen LogP contribution in [-0.2, 0) is 16.0 Å². The molecule has 0 atom stereocenters. The van der Waals surface area contributed by atoms with Gasteiger partial charge in [-0.25, -0.2) is 4.98 Å². The maximum atomic E-state index is 12.5. The number of aromatic amines is 1. The molecule has 2 amide bonds. The molecule has 7 heteroatoms. The Hall–Kier alpha value is -3.45. The monoisotopic (exact) mass is 429 g/mol. The molecule has 0 spiro atoms. The number of benzene rings is 1. The van der Waals surface area contributed by atoms with E-state index in [1.807, 2.05) is 42.6 Å². The third kappa shape index (κ3) is 4.29. The van der Waals surface area contributed by atoms with E-state index in [1.165, 1.54) is 19.3 Å². The first-order valence-corrected chi connectivity index (χ1v) is 11.3. The van der Waals surface area contributed by atoms with Crippen LogP contribution in [0.1, 0.15) is 36.8 Å². The lowest BCUT2D eigenvalue weighted by molar-refractivity contribution is -0.116. The summed E-state index contributed by atoms with van der Waals surface area (Å²) in [5.74, 6) is 0.526. The van der Waals surface area contributed by atoms with Gasteiger partial charge in [0.1, 0.15) is 5.82 Å². The van der Waals surface area contributed by atoms with Gasteiger partial charge in [-0.15, -0.1) is 0 Å².